The van der Waals surface area contributed by atoms with Gasteiger partial charge < -0.3 is 19.2 Å². The summed E-state index contributed by atoms with van der Waals surface area (Å²) in [5.74, 6) is -0.732. The first kappa shape index (κ1) is 37.1. The third-order valence-electron chi connectivity index (χ3n) is 9.28. The molecule has 0 aliphatic carbocycles. The van der Waals surface area contributed by atoms with Crippen LogP contribution in [0.5, 0.6) is 0 Å². The number of nitrogens with one attached hydrogen (secondary N) is 2. The summed E-state index contributed by atoms with van der Waals surface area (Å²) in [5, 5.41) is 5.05. The maximum Gasteiger partial charge on any atom is 0.332 e. The Balaban J connectivity index is 1.64. The van der Waals surface area contributed by atoms with Crippen molar-refractivity contribution in [1.82, 2.24) is 19.8 Å². The van der Waals surface area contributed by atoms with Crippen LogP contribution in [0.25, 0.3) is 0 Å². The summed E-state index contributed by atoms with van der Waals surface area (Å²) in [6.45, 7) is 11.1. The topological polar surface area (TPSA) is 173 Å². The fourth-order valence-corrected chi connectivity index (χ4v) is 8.14. The monoisotopic (exact) mass is 726 g/mol. The van der Waals surface area contributed by atoms with Crippen molar-refractivity contribution in [2.24, 2.45) is 7.05 Å². The molecule has 5 rings (SSSR count). The van der Waals surface area contributed by atoms with E-state index in [9.17, 15) is 27.6 Å². The van der Waals surface area contributed by atoms with Crippen LogP contribution in [0.3, 0.4) is 0 Å². The summed E-state index contributed by atoms with van der Waals surface area (Å²) < 4.78 is 54.4. The molecule has 3 aromatic rings. The van der Waals surface area contributed by atoms with E-state index >= 15 is 0 Å². The Hall–Kier alpha value is -4.19. The van der Waals surface area contributed by atoms with Crippen molar-refractivity contribution in [1.29, 1.82) is 0 Å². The van der Waals surface area contributed by atoms with E-state index in [2.05, 4.69) is 10.6 Å². The van der Waals surface area contributed by atoms with Crippen LogP contribution in [-0.2, 0) is 41.9 Å². The summed E-state index contributed by atoms with van der Waals surface area (Å²) >= 11 is 0. The number of hydrogen-bond donors (Lipinski definition) is 2. The largest absolute Gasteiger partial charge is 0.406 e. The summed E-state index contributed by atoms with van der Waals surface area (Å²) in [6.07, 6.45) is -2.73. The van der Waals surface area contributed by atoms with Gasteiger partial charge in [0.1, 0.15) is 12.2 Å². The lowest BCUT2D eigenvalue weighted by molar-refractivity contribution is -0.0788. The lowest BCUT2D eigenvalue weighted by Crippen LogP contribution is -2.60. The first-order valence-electron chi connectivity index (χ1n) is 16.0. The first-order chi connectivity index (χ1) is 23.4. The summed E-state index contributed by atoms with van der Waals surface area (Å²) in [7, 11) is -6.08. The zero-order valence-corrected chi connectivity index (χ0v) is 30.8. The van der Waals surface area contributed by atoms with Gasteiger partial charge in [-0.05, 0) is 42.8 Å². The zero-order chi connectivity index (χ0) is 36.6. The number of imide groups is 1. The standard InChI is InChI=1S/C34H42N4O10SSi/c1-22-18-38(32(42)37(5)29(22)40)30-27(47-50(6,7)33(2,3)4)34(26(46-30)20-45-19-23-14-10-8-11-15-23)25(21-49(43,44)48-34)35-31(41)36-28(39)24-16-12-9-13-17-24/h8-18,21,26-27,30H,19-20H2,1-7H3,(H2,35,36,39,41)/t26-,27+,30-,34-/m1/s1. The van der Waals surface area contributed by atoms with E-state index in [1.54, 1.807) is 18.2 Å². The zero-order valence-electron chi connectivity index (χ0n) is 29.0. The van der Waals surface area contributed by atoms with Gasteiger partial charge >= 0.3 is 11.7 Å². The fraction of sp³-hybridized carbons (Fsp3) is 0.412. The van der Waals surface area contributed by atoms with Crippen LogP contribution < -0.4 is 21.9 Å². The lowest BCUT2D eigenvalue weighted by Gasteiger charge is -2.43. The van der Waals surface area contributed by atoms with Crippen molar-refractivity contribution in [3.8, 4) is 0 Å². The van der Waals surface area contributed by atoms with E-state index < -0.39 is 70.7 Å². The van der Waals surface area contributed by atoms with Gasteiger partial charge in [0.05, 0.1) is 24.3 Å². The van der Waals surface area contributed by atoms with Gasteiger partial charge in [-0.3, -0.25) is 24.0 Å². The minimum absolute atomic E-state index is 0.111. The third kappa shape index (κ3) is 7.31. The lowest BCUT2D eigenvalue weighted by atomic mass is 9.89. The Morgan fingerprint density at radius 1 is 1.02 bits per heavy atom. The molecule has 2 aromatic carbocycles. The second-order valence-corrected chi connectivity index (χ2v) is 20.0. The number of rotatable bonds is 9. The maximum absolute atomic E-state index is 13.7. The van der Waals surface area contributed by atoms with Gasteiger partial charge in [-0.1, -0.05) is 69.3 Å². The molecule has 0 unspecified atom stereocenters. The number of carbonyl (C=O) groups is 2. The highest BCUT2D eigenvalue weighted by molar-refractivity contribution is 7.90. The van der Waals surface area contributed by atoms with E-state index in [0.717, 1.165) is 15.5 Å². The second-order valence-electron chi connectivity index (χ2n) is 13.9. The molecule has 14 nitrogen and oxygen atoms in total. The van der Waals surface area contributed by atoms with Crippen LogP contribution >= 0.6 is 0 Å². The Morgan fingerprint density at radius 3 is 2.26 bits per heavy atom. The molecule has 2 aliphatic heterocycles. The number of ether oxygens (including phenoxy) is 2. The van der Waals surface area contributed by atoms with Gasteiger partial charge in [-0.2, -0.15) is 8.42 Å². The first-order valence-corrected chi connectivity index (χ1v) is 20.3. The minimum atomic E-state index is -4.52. The molecule has 4 atom stereocenters. The number of aryl methyl sites for hydroxylation is 1. The highest BCUT2D eigenvalue weighted by atomic mass is 32.2. The Kier molecular flexibility index (Phi) is 10.3. The van der Waals surface area contributed by atoms with E-state index in [4.69, 9.17) is 18.1 Å². The molecule has 2 N–H and O–H groups in total. The third-order valence-corrected chi connectivity index (χ3v) is 14.8. The van der Waals surface area contributed by atoms with Gasteiger partial charge in [-0.25, -0.2) is 13.8 Å². The quantitative estimate of drug-likeness (QED) is 0.246. The average Bonchev–Trinajstić information content (AvgIpc) is 3.49. The summed E-state index contributed by atoms with van der Waals surface area (Å²) in [4.78, 5) is 52.6. The van der Waals surface area contributed by atoms with Crippen LogP contribution in [0.1, 0.15) is 48.5 Å². The molecule has 2 aliphatic rings. The Bertz CT molecular complexity index is 2020. The van der Waals surface area contributed by atoms with Crippen LogP contribution in [-0.4, -0.2) is 62.2 Å². The molecular weight excluding hydrogens is 685 g/mol. The molecule has 1 fully saturated rings. The molecule has 268 valence electrons. The number of nitrogens with zero attached hydrogens (tertiary/aromatic N) is 2. The molecule has 3 heterocycles. The smallest absolute Gasteiger partial charge is 0.332 e. The highest BCUT2D eigenvalue weighted by Gasteiger charge is 2.68. The van der Waals surface area contributed by atoms with Crippen LogP contribution in [0, 0.1) is 6.92 Å². The van der Waals surface area contributed by atoms with Crippen molar-refractivity contribution in [3.63, 3.8) is 0 Å². The second kappa shape index (κ2) is 13.8. The molecular formula is C34H42N4O10SSi. The number of carbonyl (C=O) groups excluding carboxylic acids is 2. The summed E-state index contributed by atoms with van der Waals surface area (Å²) in [5.41, 5.74) is -2.45. The molecule has 1 spiro atoms. The summed E-state index contributed by atoms with van der Waals surface area (Å²) in [6, 6.07) is 16.2. The van der Waals surface area contributed by atoms with Gasteiger partial charge in [0, 0.05) is 24.4 Å². The highest BCUT2D eigenvalue weighted by Crippen LogP contribution is 2.52. The maximum atomic E-state index is 13.7. The Morgan fingerprint density at radius 2 is 1.64 bits per heavy atom. The van der Waals surface area contributed by atoms with E-state index in [1.165, 1.54) is 36.9 Å². The molecule has 1 saturated heterocycles. The minimum Gasteiger partial charge on any atom is -0.406 e. The molecule has 16 heteroatoms. The van der Waals surface area contributed by atoms with Gasteiger partial charge in [0.25, 0.3) is 21.6 Å². The predicted molar refractivity (Wildman–Crippen MR) is 186 cm³/mol. The molecule has 0 saturated carbocycles. The van der Waals surface area contributed by atoms with Gasteiger partial charge in [0.2, 0.25) is 0 Å². The molecule has 0 bridgehead atoms. The predicted octanol–water partition coefficient (Wildman–Crippen LogP) is 3.44. The van der Waals surface area contributed by atoms with Crippen LogP contribution in [0.2, 0.25) is 18.1 Å². The van der Waals surface area contributed by atoms with Gasteiger partial charge in [-0.15, -0.1) is 0 Å². The number of urea groups is 1. The number of aromatic nitrogens is 2. The van der Waals surface area contributed by atoms with E-state index in [1.807, 2.05) is 64.2 Å². The number of amides is 3. The molecule has 50 heavy (non-hydrogen) atoms. The fourth-order valence-electron chi connectivity index (χ4n) is 5.61. The number of benzene rings is 2. The number of hydrogen-bond acceptors (Lipinski definition) is 10. The molecule has 1 aromatic heterocycles. The van der Waals surface area contributed by atoms with Crippen molar-refractivity contribution in [3.05, 3.63) is 115 Å². The molecule has 0 radical (unpaired) electrons. The van der Waals surface area contributed by atoms with Crippen LogP contribution in [0.4, 0.5) is 4.79 Å². The van der Waals surface area contributed by atoms with Gasteiger partial charge in [0.15, 0.2) is 20.1 Å². The SMILES string of the molecule is Cc1cn([C@@H]2O[C@H](COCc3ccccc3)[C@@]3(OS(=O)(=O)C=C3NC(=O)NC(=O)c3ccccc3)[C@H]2O[Si](C)(C)C(C)(C)C)c(=O)n(C)c1=O. The van der Waals surface area contributed by atoms with Crippen molar-refractivity contribution in [2.45, 2.75) is 76.5 Å². The van der Waals surface area contributed by atoms with E-state index in [0.29, 0.717) is 0 Å². The van der Waals surface area contributed by atoms with Crippen molar-refractivity contribution in [2.75, 3.05) is 6.61 Å². The van der Waals surface area contributed by atoms with E-state index in [-0.39, 0.29) is 30.0 Å². The van der Waals surface area contributed by atoms with Crippen molar-refractivity contribution >= 4 is 30.4 Å². The molecule has 3 amide bonds. The average molecular weight is 727 g/mol. The van der Waals surface area contributed by atoms with Crippen molar-refractivity contribution < 1.29 is 36.1 Å². The van der Waals surface area contributed by atoms with Crippen LogP contribution in [0.15, 0.2) is 87.6 Å². The Labute approximate surface area is 291 Å². The normalized spacial score (nSPS) is 23.1.